The number of para-hydroxylation sites is 1. The summed E-state index contributed by atoms with van der Waals surface area (Å²) in [6.07, 6.45) is 1.39. The molecule has 0 aromatic heterocycles. The van der Waals surface area contributed by atoms with E-state index in [1.54, 1.807) is 12.1 Å². The number of carbonyl (C=O) groups excluding carboxylic acids is 1. The summed E-state index contributed by atoms with van der Waals surface area (Å²) in [6.45, 7) is 0.497. The van der Waals surface area contributed by atoms with E-state index in [0.717, 1.165) is 11.3 Å². The summed E-state index contributed by atoms with van der Waals surface area (Å²) >= 11 is 0. The third-order valence-corrected chi connectivity index (χ3v) is 3.41. The molecule has 0 atom stereocenters. The first-order valence-electron chi connectivity index (χ1n) is 7.35. The predicted molar refractivity (Wildman–Crippen MR) is 88.2 cm³/mol. The average molecular weight is 321 g/mol. The first-order chi connectivity index (χ1) is 11.8. The van der Waals surface area contributed by atoms with Gasteiger partial charge in [-0.05, 0) is 29.8 Å². The first-order valence-corrected chi connectivity index (χ1v) is 7.35. The van der Waals surface area contributed by atoms with Gasteiger partial charge in [0.05, 0.1) is 0 Å². The molecule has 6 heteroatoms. The molecule has 0 saturated heterocycles. The van der Waals surface area contributed by atoms with E-state index < -0.39 is 5.91 Å². The highest BCUT2D eigenvalue weighted by molar-refractivity contribution is 5.97. The van der Waals surface area contributed by atoms with E-state index in [0.29, 0.717) is 18.0 Å². The van der Waals surface area contributed by atoms with Crippen molar-refractivity contribution in [3.8, 4) is 17.6 Å². The zero-order valence-electron chi connectivity index (χ0n) is 12.8. The van der Waals surface area contributed by atoms with E-state index in [1.807, 2.05) is 42.5 Å². The van der Waals surface area contributed by atoms with Gasteiger partial charge in [-0.3, -0.25) is 4.79 Å². The molecular weight excluding hydrogens is 306 g/mol. The number of amides is 1. The molecule has 3 rings (SSSR count). The maximum absolute atomic E-state index is 12.1. The van der Waals surface area contributed by atoms with Crippen LogP contribution in [0.4, 0.5) is 5.69 Å². The molecule has 0 saturated carbocycles. The van der Waals surface area contributed by atoms with Gasteiger partial charge in [0.1, 0.15) is 11.6 Å². The highest BCUT2D eigenvalue weighted by atomic mass is 16.7. The Bertz CT molecular complexity index is 810. The van der Waals surface area contributed by atoms with Gasteiger partial charge in [0.15, 0.2) is 11.5 Å². The van der Waals surface area contributed by atoms with Gasteiger partial charge in [0.2, 0.25) is 6.79 Å². The molecule has 0 spiro atoms. The zero-order chi connectivity index (χ0) is 16.8. The van der Waals surface area contributed by atoms with Crippen LogP contribution in [0, 0.1) is 11.3 Å². The SMILES string of the molecule is N#C/C(=C/Nc1ccccc1)C(=O)NCc1ccc2c(c1)OCO2. The van der Waals surface area contributed by atoms with Crippen molar-refractivity contribution < 1.29 is 14.3 Å². The Morgan fingerprint density at radius 3 is 2.75 bits per heavy atom. The van der Waals surface area contributed by atoms with Crippen LogP contribution in [-0.4, -0.2) is 12.7 Å². The third-order valence-electron chi connectivity index (χ3n) is 3.41. The van der Waals surface area contributed by atoms with E-state index in [2.05, 4.69) is 10.6 Å². The summed E-state index contributed by atoms with van der Waals surface area (Å²) in [7, 11) is 0. The van der Waals surface area contributed by atoms with Crippen molar-refractivity contribution >= 4 is 11.6 Å². The largest absolute Gasteiger partial charge is 0.454 e. The summed E-state index contributed by atoms with van der Waals surface area (Å²) in [5, 5.41) is 14.8. The molecule has 120 valence electrons. The van der Waals surface area contributed by atoms with Crippen LogP contribution in [0.3, 0.4) is 0 Å². The fourth-order valence-corrected chi connectivity index (χ4v) is 2.17. The van der Waals surface area contributed by atoms with Crippen LogP contribution in [0.2, 0.25) is 0 Å². The molecule has 6 nitrogen and oxygen atoms in total. The number of carbonyl (C=O) groups is 1. The Kier molecular flexibility index (Phi) is 4.63. The maximum Gasteiger partial charge on any atom is 0.263 e. The summed E-state index contributed by atoms with van der Waals surface area (Å²) in [4.78, 5) is 12.1. The molecule has 0 aliphatic carbocycles. The second-order valence-corrected chi connectivity index (χ2v) is 5.05. The van der Waals surface area contributed by atoms with Crippen LogP contribution in [0.5, 0.6) is 11.5 Å². The Balaban J connectivity index is 1.59. The van der Waals surface area contributed by atoms with E-state index >= 15 is 0 Å². The highest BCUT2D eigenvalue weighted by Gasteiger charge is 2.14. The summed E-state index contributed by atoms with van der Waals surface area (Å²) in [6, 6.07) is 16.6. The van der Waals surface area contributed by atoms with Gasteiger partial charge in [-0.2, -0.15) is 5.26 Å². The lowest BCUT2D eigenvalue weighted by atomic mass is 10.2. The smallest absolute Gasteiger partial charge is 0.263 e. The van der Waals surface area contributed by atoms with Crippen molar-refractivity contribution in [1.29, 1.82) is 5.26 Å². The molecule has 1 heterocycles. The molecule has 2 aromatic rings. The molecular formula is C18H15N3O3. The lowest BCUT2D eigenvalue weighted by Gasteiger charge is -2.06. The van der Waals surface area contributed by atoms with E-state index in [4.69, 9.17) is 14.7 Å². The molecule has 1 aliphatic heterocycles. The number of ether oxygens (including phenoxy) is 2. The lowest BCUT2D eigenvalue weighted by molar-refractivity contribution is -0.117. The molecule has 0 bridgehead atoms. The van der Waals surface area contributed by atoms with Gasteiger partial charge < -0.3 is 20.1 Å². The number of benzene rings is 2. The lowest BCUT2D eigenvalue weighted by Crippen LogP contribution is -2.24. The molecule has 24 heavy (non-hydrogen) atoms. The van der Waals surface area contributed by atoms with Crippen LogP contribution >= 0.6 is 0 Å². The van der Waals surface area contributed by atoms with Crippen LogP contribution < -0.4 is 20.1 Å². The molecule has 2 aromatic carbocycles. The van der Waals surface area contributed by atoms with Gasteiger partial charge in [0.25, 0.3) is 5.91 Å². The fourth-order valence-electron chi connectivity index (χ4n) is 2.17. The maximum atomic E-state index is 12.1. The molecule has 1 aliphatic rings. The molecule has 2 N–H and O–H groups in total. The number of hydrogen-bond donors (Lipinski definition) is 2. The number of nitriles is 1. The predicted octanol–water partition coefficient (Wildman–Crippen LogP) is 2.55. The quantitative estimate of drug-likeness (QED) is 0.653. The number of nitrogens with zero attached hydrogens (tertiary/aromatic N) is 1. The third kappa shape index (κ3) is 3.65. The minimum atomic E-state index is -0.446. The van der Waals surface area contributed by atoms with E-state index in [1.165, 1.54) is 6.20 Å². The molecule has 1 amide bonds. The Hall–Kier alpha value is -3.46. The highest BCUT2D eigenvalue weighted by Crippen LogP contribution is 2.32. The van der Waals surface area contributed by atoms with Gasteiger partial charge in [-0.1, -0.05) is 24.3 Å². The van der Waals surface area contributed by atoms with Gasteiger partial charge >= 0.3 is 0 Å². The number of rotatable bonds is 5. The molecule has 0 fully saturated rings. The average Bonchev–Trinajstić information content (AvgIpc) is 3.09. The minimum Gasteiger partial charge on any atom is -0.454 e. The normalized spacial score (nSPS) is 12.4. The van der Waals surface area contributed by atoms with Crippen molar-refractivity contribution in [1.82, 2.24) is 5.32 Å². The number of nitrogens with one attached hydrogen (secondary N) is 2. The summed E-state index contributed by atoms with van der Waals surface area (Å²) in [5.74, 6) is 0.900. The van der Waals surface area contributed by atoms with Crippen LogP contribution in [0.1, 0.15) is 5.56 Å². The van der Waals surface area contributed by atoms with E-state index in [-0.39, 0.29) is 12.4 Å². The van der Waals surface area contributed by atoms with E-state index in [9.17, 15) is 4.79 Å². The minimum absolute atomic E-state index is 0.000374. The molecule has 0 radical (unpaired) electrons. The Morgan fingerprint density at radius 2 is 1.96 bits per heavy atom. The second-order valence-electron chi connectivity index (χ2n) is 5.05. The van der Waals surface area contributed by atoms with Gasteiger partial charge in [0, 0.05) is 18.4 Å². The Morgan fingerprint density at radius 1 is 1.17 bits per heavy atom. The van der Waals surface area contributed by atoms with Crippen molar-refractivity contribution in [2.24, 2.45) is 0 Å². The first kappa shape index (κ1) is 15.4. The van der Waals surface area contributed by atoms with Crippen molar-refractivity contribution in [3.63, 3.8) is 0 Å². The topological polar surface area (TPSA) is 83.4 Å². The van der Waals surface area contributed by atoms with Gasteiger partial charge in [-0.25, -0.2) is 0 Å². The monoisotopic (exact) mass is 321 g/mol. The summed E-state index contributed by atoms with van der Waals surface area (Å²) in [5.41, 5.74) is 1.66. The second kappa shape index (κ2) is 7.20. The van der Waals surface area contributed by atoms with Crippen molar-refractivity contribution in [3.05, 3.63) is 65.9 Å². The number of anilines is 1. The van der Waals surface area contributed by atoms with Crippen LogP contribution in [-0.2, 0) is 11.3 Å². The van der Waals surface area contributed by atoms with Gasteiger partial charge in [-0.15, -0.1) is 0 Å². The molecule has 0 unspecified atom stereocenters. The van der Waals surface area contributed by atoms with Crippen LogP contribution in [0.15, 0.2) is 60.3 Å². The fraction of sp³-hybridized carbons (Fsp3) is 0.111. The standard InChI is InChI=1S/C18H15N3O3/c19-9-14(11-20-15-4-2-1-3-5-15)18(22)21-10-13-6-7-16-17(8-13)24-12-23-16/h1-8,11,20H,10,12H2,(H,21,22)/b14-11-. The zero-order valence-corrected chi connectivity index (χ0v) is 12.8. The van der Waals surface area contributed by atoms with Crippen molar-refractivity contribution in [2.75, 3.05) is 12.1 Å². The number of fused-ring (bicyclic) bond motifs is 1. The summed E-state index contributed by atoms with van der Waals surface area (Å²) < 4.78 is 10.5. The van der Waals surface area contributed by atoms with Crippen LogP contribution in [0.25, 0.3) is 0 Å². The Labute approximate surface area is 139 Å². The van der Waals surface area contributed by atoms with Crippen molar-refractivity contribution in [2.45, 2.75) is 6.54 Å². The number of hydrogen-bond acceptors (Lipinski definition) is 5.